The first-order valence-corrected chi connectivity index (χ1v) is 14.1. The summed E-state index contributed by atoms with van der Waals surface area (Å²) in [6.45, 7) is 8.15. The Kier molecular flexibility index (Phi) is 8.40. The van der Waals surface area contributed by atoms with Crippen LogP contribution in [0.2, 0.25) is 0 Å². The number of imide groups is 1. The predicted molar refractivity (Wildman–Crippen MR) is 145 cm³/mol. The molecule has 1 fully saturated rings. The summed E-state index contributed by atoms with van der Waals surface area (Å²) in [5.74, 6) is -0.576. The highest BCUT2D eigenvalue weighted by Gasteiger charge is 2.32. The smallest absolute Gasteiger partial charge is 0.338 e. The Labute approximate surface area is 223 Å². The van der Waals surface area contributed by atoms with Crippen LogP contribution in [0.5, 0.6) is 5.75 Å². The van der Waals surface area contributed by atoms with E-state index in [0.29, 0.717) is 29.8 Å². The lowest BCUT2D eigenvalue weighted by Crippen LogP contribution is -2.54. The summed E-state index contributed by atoms with van der Waals surface area (Å²) in [5.41, 5.74) is 3.20. The highest BCUT2D eigenvalue weighted by molar-refractivity contribution is 7.92. The van der Waals surface area contributed by atoms with Gasteiger partial charge in [0, 0.05) is 23.5 Å². The molecule has 0 aliphatic carbocycles. The van der Waals surface area contributed by atoms with Gasteiger partial charge >= 0.3 is 12.0 Å². The number of hydrogen-bond acceptors (Lipinski definition) is 7. The van der Waals surface area contributed by atoms with E-state index in [1.807, 2.05) is 32.9 Å². The molecule has 1 aliphatic heterocycles. The number of rotatable bonds is 8. The van der Waals surface area contributed by atoms with Crippen molar-refractivity contribution in [2.75, 3.05) is 36.6 Å². The lowest BCUT2D eigenvalue weighted by Gasteiger charge is -2.33. The minimum Gasteiger partial charge on any atom is -0.496 e. The standard InChI is InChI=1S/C27H35N3O7S/c1-16-15-30(26(33)28-24(16)31)20-12-18(23(36-5)22(14-20)27(2,3)4)9-8-17-10-11-19(29-38(7,34)35)13-21(17)25(32)37-6/h10-14,16,29H,8-9,15H2,1-7H3,(H,28,31,33)/t16-/m0/s1. The van der Waals surface area contributed by atoms with Crippen molar-refractivity contribution in [2.24, 2.45) is 5.92 Å². The molecule has 1 saturated heterocycles. The van der Waals surface area contributed by atoms with Crippen LogP contribution in [-0.4, -0.2) is 53.3 Å². The van der Waals surface area contributed by atoms with E-state index in [-0.39, 0.29) is 35.0 Å². The zero-order chi connectivity index (χ0) is 28.4. The van der Waals surface area contributed by atoms with Crippen molar-refractivity contribution in [1.82, 2.24) is 5.32 Å². The number of hydrogen-bond donors (Lipinski definition) is 2. The van der Waals surface area contributed by atoms with Crippen molar-refractivity contribution in [3.8, 4) is 5.75 Å². The number of ether oxygens (including phenoxy) is 2. The third kappa shape index (κ3) is 6.63. The van der Waals surface area contributed by atoms with Gasteiger partial charge in [0.2, 0.25) is 15.9 Å². The number of nitrogens with zero attached hydrogens (tertiary/aromatic N) is 1. The molecule has 2 N–H and O–H groups in total. The fourth-order valence-electron chi connectivity index (χ4n) is 4.41. The number of amides is 3. The van der Waals surface area contributed by atoms with Crippen molar-refractivity contribution in [2.45, 2.75) is 46.0 Å². The zero-order valence-electron chi connectivity index (χ0n) is 22.8. The molecule has 0 saturated carbocycles. The molecule has 3 rings (SSSR count). The number of nitrogens with one attached hydrogen (secondary N) is 2. The van der Waals surface area contributed by atoms with Crippen LogP contribution in [0.25, 0.3) is 0 Å². The van der Waals surface area contributed by atoms with Crippen molar-refractivity contribution in [1.29, 1.82) is 0 Å². The SMILES string of the molecule is COC(=O)c1cc(NS(C)(=O)=O)ccc1CCc1cc(N2C[C@H](C)C(=O)NC2=O)cc(C(C)(C)C)c1OC. The van der Waals surface area contributed by atoms with Crippen molar-refractivity contribution < 1.29 is 32.3 Å². The largest absolute Gasteiger partial charge is 0.496 e. The molecule has 0 spiro atoms. The van der Waals surface area contributed by atoms with Gasteiger partial charge in [-0.1, -0.05) is 33.8 Å². The fraction of sp³-hybridized carbons (Fsp3) is 0.444. The topological polar surface area (TPSA) is 131 Å². The Morgan fingerprint density at radius 3 is 2.34 bits per heavy atom. The quantitative estimate of drug-likeness (QED) is 0.484. The number of anilines is 2. The second-order valence-electron chi connectivity index (χ2n) is 10.5. The molecular formula is C27H35N3O7S. The monoisotopic (exact) mass is 545 g/mol. The molecule has 10 nitrogen and oxygen atoms in total. The molecule has 2 aromatic rings. The van der Waals surface area contributed by atoms with Crippen LogP contribution in [0.1, 0.15) is 54.7 Å². The van der Waals surface area contributed by atoms with Crippen molar-refractivity contribution in [3.05, 3.63) is 52.6 Å². The third-order valence-corrected chi connectivity index (χ3v) is 6.94. The molecular weight excluding hydrogens is 510 g/mol. The molecule has 0 radical (unpaired) electrons. The van der Waals surface area contributed by atoms with Crippen LogP contribution >= 0.6 is 0 Å². The second kappa shape index (κ2) is 11.0. The first-order chi connectivity index (χ1) is 17.6. The van der Waals surface area contributed by atoms with E-state index in [2.05, 4.69) is 10.0 Å². The lowest BCUT2D eigenvalue weighted by atomic mass is 9.83. The van der Waals surface area contributed by atoms with E-state index in [0.717, 1.165) is 17.4 Å². The number of aryl methyl sites for hydroxylation is 2. The fourth-order valence-corrected chi connectivity index (χ4v) is 4.97. The van der Waals surface area contributed by atoms with Gasteiger partial charge in [0.15, 0.2) is 0 Å². The van der Waals surface area contributed by atoms with E-state index < -0.39 is 22.0 Å². The van der Waals surface area contributed by atoms with Crippen LogP contribution in [0, 0.1) is 5.92 Å². The molecule has 11 heteroatoms. The summed E-state index contributed by atoms with van der Waals surface area (Å²) in [6.07, 6.45) is 1.89. The number of methoxy groups -OCH3 is 2. The molecule has 2 aromatic carbocycles. The number of carbonyl (C=O) groups excluding carboxylic acids is 3. The summed E-state index contributed by atoms with van der Waals surface area (Å²) in [5, 5.41) is 2.41. The summed E-state index contributed by atoms with van der Waals surface area (Å²) < 4.78 is 36.5. The van der Waals surface area contributed by atoms with Crippen molar-refractivity contribution >= 4 is 39.3 Å². The highest BCUT2D eigenvalue weighted by Crippen LogP contribution is 2.39. The van der Waals surface area contributed by atoms with E-state index in [9.17, 15) is 22.8 Å². The van der Waals surface area contributed by atoms with Crippen LogP contribution in [0.3, 0.4) is 0 Å². The summed E-state index contributed by atoms with van der Waals surface area (Å²) in [4.78, 5) is 38.8. The van der Waals surface area contributed by atoms with Gasteiger partial charge in [0.05, 0.1) is 32.0 Å². The highest BCUT2D eigenvalue weighted by atomic mass is 32.2. The second-order valence-corrected chi connectivity index (χ2v) is 12.2. The maximum absolute atomic E-state index is 12.7. The van der Waals surface area contributed by atoms with Gasteiger partial charge in [-0.15, -0.1) is 0 Å². The number of carbonyl (C=O) groups is 3. The minimum atomic E-state index is -3.53. The maximum Gasteiger partial charge on any atom is 0.338 e. The average Bonchev–Trinajstić information content (AvgIpc) is 2.82. The molecule has 0 aromatic heterocycles. The number of urea groups is 1. The van der Waals surface area contributed by atoms with E-state index in [1.54, 1.807) is 31.1 Å². The molecule has 0 unspecified atom stereocenters. The van der Waals surface area contributed by atoms with Crippen LogP contribution in [0.15, 0.2) is 30.3 Å². The van der Waals surface area contributed by atoms with Crippen LogP contribution in [0.4, 0.5) is 16.2 Å². The summed E-state index contributed by atoms with van der Waals surface area (Å²) >= 11 is 0. The van der Waals surface area contributed by atoms with Crippen molar-refractivity contribution in [3.63, 3.8) is 0 Å². The van der Waals surface area contributed by atoms with Gasteiger partial charge in [0.25, 0.3) is 0 Å². The van der Waals surface area contributed by atoms with E-state index in [4.69, 9.17) is 9.47 Å². The van der Waals surface area contributed by atoms with Gasteiger partial charge < -0.3 is 9.47 Å². The van der Waals surface area contributed by atoms with E-state index >= 15 is 0 Å². The molecule has 38 heavy (non-hydrogen) atoms. The third-order valence-electron chi connectivity index (χ3n) is 6.34. The predicted octanol–water partition coefficient (Wildman–Crippen LogP) is 3.63. The first kappa shape index (κ1) is 29.0. The van der Waals surface area contributed by atoms with Crippen LogP contribution < -0.4 is 19.7 Å². The van der Waals surface area contributed by atoms with E-state index in [1.165, 1.54) is 13.2 Å². The van der Waals surface area contributed by atoms with Gasteiger partial charge in [-0.25, -0.2) is 18.0 Å². The van der Waals surface area contributed by atoms with Gasteiger partial charge in [-0.05, 0) is 53.6 Å². The lowest BCUT2D eigenvalue weighted by molar-refractivity contribution is -0.123. The van der Waals surface area contributed by atoms with Gasteiger partial charge in [0.1, 0.15) is 5.75 Å². The Hall–Kier alpha value is -3.60. The van der Waals surface area contributed by atoms with Crippen LogP contribution in [-0.2, 0) is 37.8 Å². The molecule has 0 bridgehead atoms. The Balaban J connectivity index is 2.05. The average molecular weight is 546 g/mol. The maximum atomic E-state index is 12.7. The molecule has 3 amide bonds. The normalized spacial score (nSPS) is 16.2. The molecule has 1 atom stereocenters. The summed E-state index contributed by atoms with van der Waals surface area (Å²) in [7, 11) is -0.672. The number of esters is 1. The Morgan fingerprint density at radius 1 is 1.11 bits per heavy atom. The number of benzene rings is 2. The first-order valence-electron chi connectivity index (χ1n) is 12.2. The molecule has 1 aliphatic rings. The Morgan fingerprint density at radius 2 is 1.76 bits per heavy atom. The van der Waals surface area contributed by atoms with Gasteiger partial charge in [-0.2, -0.15) is 0 Å². The Bertz CT molecular complexity index is 1360. The molecule has 206 valence electrons. The van der Waals surface area contributed by atoms with Gasteiger partial charge in [-0.3, -0.25) is 19.7 Å². The molecule has 1 heterocycles. The summed E-state index contributed by atoms with van der Waals surface area (Å²) in [6, 6.07) is 8.03. The number of sulfonamides is 1. The zero-order valence-corrected chi connectivity index (χ0v) is 23.6. The minimum absolute atomic E-state index is 0.245.